The SMILES string of the molecule is Cc1ccc(NC(N)=NCC(C)(C)N(C)C)cc1C.I. The minimum atomic E-state index is -0.00447. The normalized spacial score (nSPS) is 12.2. The van der Waals surface area contributed by atoms with Crippen LogP contribution in [0.15, 0.2) is 23.2 Å². The third-order valence-electron chi connectivity index (χ3n) is 3.63. The Bertz CT molecular complexity index is 467. The van der Waals surface area contributed by atoms with Crippen molar-refractivity contribution in [2.45, 2.75) is 33.2 Å². The van der Waals surface area contributed by atoms with Gasteiger partial charge < -0.3 is 16.0 Å². The summed E-state index contributed by atoms with van der Waals surface area (Å²) in [7, 11) is 4.09. The zero-order valence-corrected chi connectivity index (χ0v) is 15.6. The number of benzene rings is 1. The van der Waals surface area contributed by atoms with Gasteiger partial charge in [0.2, 0.25) is 0 Å². The van der Waals surface area contributed by atoms with Crippen LogP contribution in [0.25, 0.3) is 0 Å². The van der Waals surface area contributed by atoms with E-state index in [0.29, 0.717) is 12.5 Å². The second kappa shape index (κ2) is 7.83. The van der Waals surface area contributed by atoms with Crippen molar-refractivity contribution in [3.05, 3.63) is 29.3 Å². The Kier molecular flexibility index (Phi) is 7.51. The summed E-state index contributed by atoms with van der Waals surface area (Å²) in [6.07, 6.45) is 0. The van der Waals surface area contributed by atoms with Crippen LogP contribution in [-0.4, -0.2) is 37.0 Å². The molecule has 0 saturated carbocycles. The van der Waals surface area contributed by atoms with E-state index < -0.39 is 0 Å². The van der Waals surface area contributed by atoms with Crippen molar-refractivity contribution in [1.82, 2.24) is 4.90 Å². The van der Waals surface area contributed by atoms with Crippen molar-refractivity contribution < 1.29 is 0 Å². The van der Waals surface area contributed by atoms with Crippen LogP contribution in [0.1, 0.15) is 25.0 Å². The van der Waals surface area contributed by atoms with E-state index in [1.165, 1.54) is 11.1 Å². The number of hydrogen-bond donors (Lipinski definition) is 2. The number of guanidine groups is 1. The molecule has 0 radical (unpaired) electrons. The second-order valence-corrected chi connectivity index (χ2v) is 5.83. The van der Waals surface area contributed by atoms with Crippen molar-refractivity contribution in [3.63, 3.8) is 0 Å². The molecule has 0 saturated heterocycles. The topological polar surface area (TPSA) is 53.6 Å². The molecular weight excluding hydrogens is 363 g/mol. The first kappa shape index (κ1) is 19.2. The number of nitrogens with zero attached hydrogens (tertiary/aromatic N) is 2. The molecule has 0 fully saturated rings. The number of rotatable bonds is 4. The maximum Gasteiger partial charge on any atom is 0.193 e. The Labute approximate surface area is 139 Å². The summed E-state index contributed by atoms with van der Waals surface area (Å²) in [6.45, 7) is 9.11. The largest absolute Gasteiger partial charge is 0.370 e. The van der Waals surface area contributed by atoms with E-state index >= 15 is 0 Å². The first-order valence-electron chi connectivity index (χ1n) is 6.54. The van der Waals surface area contributed by atoms with Gasteiger partial charge in [-0.15, -0.1) is 24.0 Å². The minimum absolute atomic E-state index is 0. The van der Waals surface area contributed by atoms with E-state index in [0.717, 1.165) is 5.69 Å². The summed E-state index contributed by atoms with van der Waals surface area (Å²) in [5.41, 5.74) is 9.41. The summed E-state index contributed by atoms with van der Waals surface area (Å²) >= 11 is 0. The highest BCUT2D eigenvalue weighted by molar-refractivity contribution is 14.0. The Morgan fingerprint density at radius 2 is 1.85 bits per heavy atom. The molecule has 0 atom stereocenters. The molecule has 20 heavy (non-hydrogen) atoms. The van der Waals surface area contributed by atoms with Crippen LogP contribution in [0, 0.1) is 13.8 Å². The van der Waals surface area contributed by atoms with Crippen LogP contribution in [-0.2, 0) is 0 Å². The molecule has 114 valence electrons. The number of nitrogens with two attached hydrogens (primary N) is 1. The highest BCUT2D eigenvalue weighted by Crippen LogP contribution is 2.14. The summed E-state index contributed by atoms with van der Waals surface area (Å²) in [5.74, 6) is 0.457. The lowest BCUT2D eigenvalue weighted by Gasteiger charge is -2.30. The molecule has 1 rings (SSSR count). The zero-order chi connectivity index (χ0) is 14.6. The number of nitrogens with one attached hydrogen (secondary N) is 1. The Balaban J connectivity index is 0.00000361. The van der Waals surface area contributed by atoms with Crippen molar-refractivity contribution in [1.29, 1.82) is 0 Å². The van der Waals surface area contributed by atoms with Gasteiger partial charge in [0, 0.05) is 11.2 Å². The first-order chi connectivity index (χ1) is 8.72. The van der Waals surface area contributed by atoms with Gasteiger partial charge in [0.05, 0.1) is 6.54 Å². The fraction of sp³-hybridized carbons (Fsp3) is 0.533. The van der Waals surface area contributed by atoms with Gasteiger partial charge in [-0.2, -0.15) is 0 Å². The molecule has 0 aliphatic carbocycles. The third kappa shape index (κ3) is 5.66. The van der Waals surface area contributed by atoms with Crippen molar-refractivity contribution in [2.24, 2.45) is 10.7 Å². The van der Waals surface area contributed by atoms with E-state index in [2.05, 4.69) is 55.0 Å². The van der Waals surface area contributed by atoms with Gasteiger partial charge >= 0.3 is 0 Å². The van der Waals surface area contributed by atoms with Gasteiger partial charge in [-0.05, 0) is 65.0 Å². The van der Waals surface area contributed by atoms with Gasteiger partial charge in [0.25, 0.3) is 0 Å². The summed E-state index contributed by atoms with van der Waals surface area (Å²) < 4.78 is 0. The highest BCUT2D eigenvalue weighted by Gasteiger charge is 2.19. The number of anilines is 1. The zero-order valence-electron chi connectivity index (χ0n) is 13.3. The minimum Gasteiger partial charge on any atom is -0.370 e. The van der Waals surface area contributed by atoms with Gasteiger partial charge in [0.1, 0.15) is 0 Å². The van der Waals surface area contributed by atoms with E-state index in [4.69, 9.17) is 5.73 Å². The molecule has 0 aliphatic heterocycles. The fourth-order valence-corrected chi connectivity index (χ4v) is 1.43. The highest BCUT2D eigenvalue weighted by atomic mass is 127. The summed E-state index contributed by atoms with van der Waals surface area (Å²) in [5, 5.41) is 3.13. The van der Waals surface area contributed by atoms with E-state index in [1.54, 1.807) is 0 Å². The van der Waals surface area contributed by atoms with Crippen molar-refractivity contribution in [3.8, 4) is 0 Å². The first-order valence-corrected chi connectivity index (χ1v) is 6.54. The molecule has 5 heteroatoms. The number of aryl methyl sites for hydroxylation is 2. The molecule has 0 aromatic heterocycles. The molecular formula is C15H27IN4. The standard InChI is InChI=1S/C15H26N4.HI/c1-11-7-8-13(9-12(11)2)18-14(16)17-10-15(3,4)19(5)6;/h7-9H,10H2,1-6H3,(H3,16,17,18);1H. The molecule has 0 unspecified atom stereocenters. The lowest BCUT2D eigenvalue weighted by atomic mass is 10.1. The quantitative estimate of drug-likeness (QED) is 0.472. The molecule has 0 heterocycles. The van der Waals surface area contributed by atoms with E-state index in [1.807, 2.05) is 20.2 Å². The van der Waals surface area contributed by atoms with Crippen molar-refractivity contribution in [2.75, 3.05) is 26.0 Å². The molecule has 3 N–H and O–H groups in total. The predicted octanol–water partition coefficient (Wildman–Crippen LogP) is 2.99. The Morgan fingerprint density at radius 3 is 2.35 bits per heavy atom. The van der Waals surface area contributed by atoms with Crippen LogP contribution >= 0.6 is 24.0 Å². The van der Waals surface area contributed by atoms with Crippen LogP contribution < -0.4 is 11.1 Å². The molecule has 0 amide bonds. The lowest BCUT2D eigenvalue weighted by Crippen LogP contribution is -2.41. The van der Waals surface area contributed by atoms with Crippen LogP contribution in [0.5, 0.6) is 0 Å². The Morgan fingerprint density at radius 1 is 1.25 bits per heavy atom. The number of hydrogen-bond acceptors (Lipinski definition) is 2. The van der Waals surface area contributed by atoms with Gasteiger partial charge in [-0.1, -0.05) is 6.07 Å². The smallest absolute Gasteiger partial charge is 0.193 e. The molecule has 1 aromatic carbocycles. The van der Waals surface area contributed by atoms with Gasteiger partial charge in [-0.25, -0.2) is 0 Å². The third-order valence-corrected chi connectivity index (χ3v) is 3.63. The lowest BCUT2D eigenvalue weighted by molar-refractivity contribution is 0.205. The molecule has 0 aliphatic rings. The number of halogens is 1. The van der Waals surface area contributed by atoms with Crippen LogP contribution in [0.3, 0.4) is 0 Å². The second-order valence-electron chi connectivity index (χ2n) is 5.83. The average molecular weight is 390 g/mol. The van der Waals surface area contributed by atoms with Crippen LogP contribution in [0.4, 0.5) is 5.69 Å². The fourth-order valence-electron chi connectivity index (χ4n) is 1.43. The maximum absolute atomic E-state index is 5.92. The predicted molar refractivity (Wildman–Crippen MR) is 99.2 cm³/mol. The average Bonchev–Trinajstić information content (AvgIpc) is 2.31. The Hall–Kier alpha value is -0.820. The van der Waals surface area contributed by atoms with Gasteiger partial charge in [0.15, 0.2) is 5.96 Å². The maximum atomic E-state index is 5.92. The van der Waals surface area contributed by atoms with E-state index in [9.17, 15) is 0 Å². The monoisotopic (exact) mass is 390 g/mol. The van der Waals surface area contributed by atoms with Gasteiger partial charge in [-0.3, -0.25) is 4.99 Å². The van der Waals surface area contributed by atoms with E-state index in [-0.39, 0.29) is 29.5 Å². The van der Waals surface area contributed by atoms with Crippen molar-refractivity contribution >= 4 is 35.6 Å². The molecule has 1 aromatic rings. The summed E-state index contributed by atoms with van der Waals surface area (Å²) in [4.78, 5) is 6.54. The van der Waals surface area contributed by atoms with Crippen LogP contribution in [0.2, 0.25) is 0 Å². The molecule has 4 nitrogen and oxygen atoms in total. The summed E-state index contributed by atoms with van der Waals surface area (Å²) in [6, 6.07) is 6.17. The molecule has 0 bridgehead atoms. The molecule has 0 spiro atoms. The number of aliphatic imine (C=N–C) groups is 1. The number of likely N-dealkylation sites (N-methyl/N-ethyl adjacent to an activating group) is 1.